The summed E-state index contributed by atoms with van der Waals surface area (Å²) in [6.07, 6.45) is 0. The minimum atomic E-state index is -0.327. The van der Waals surface area contributed by atoms with Crippen molar-refractivity contribution in [3.8, 4) is 5.75 Å². The summed E-state index contributed by atoms with van der Waals surface area (Å²) in [4.78, 5) is 24.0. The summed E-state index contributed by atoms with van der Waals surface area (Å²) in [5.74, 6) is -0.00308. The van der Waals surface area contributed by atoms with E-state index in [1.807, 2.05) is 0 Å². The molecule has 6 heteroatoms. The summed E-state index contributed by atoms with van der Waals surface area (Å²) in [6.45, 7) is 0.383. The summed E-state index contributed by atoms with van der Waals surface area (Å²) in [6, 6.07) is 6.91. The zero-order valence-electron chi connectivity index (χ0n) is 9.80. The normalized spacial score (nSPS) is 15.9. The molecule has 1 aliphatic rings. The van der Waals surface area contributed by atoms with Gasteiger partial charge in [-0.15, -0.1) is 0 Å². The van der Waals surface area contributed by atoms with Gasteiger partial charge < -0.3 is 15.2 Å². The van der Waals surface area contributed by atoms with Crippen molar-refractivity contribution in [2.24, 2.45) is 0 Å². The van der Waals surface area contributed by atoms with Crippen LogP contribution >= 0.6 is 0 Å². The molecule has 1 aliphatic heterocycles. The number of carbonyl (C=O) groups excluding carboxylic acids is 2. The number of anilines is 1. The molecule has 0 saturated carbocycles. The first kappa shape index (κ1) is 12.4. The highest BCUT2D eigenvalue weighted by molar-refractivity contribution is 5.98. The highest BCUT2D eigenvalue weighted by Crippen LogP contribution is 2.13. The van der Waals surface area contributed by atoms with Gasteiger partial charge in [0.2, 0.25) is 0 Å². The highest BCUT2D eigenvalue weighted by Gasteiger charge is 2.26. The number of benzene rings is 1. The van der Waals surface area contributed by atoms with Crippen molar-refractivity contribution in [1.82, 2.24) is 4.90 Å². The minimum Gasteiger partial charge on any atom is -0.492 e. The lowest BCUT2D eigenvalue weighted by molar-refractivity contribution is -0.158. The summed E-state index contributed by atoms with van der Waals surface area (Å²) < 4.78 is 10.2. The van der Waals surface area contributed by atoms with Crippen molar-refractivity contribution in [2.75, 3.05) is 32.1 Å². The van der Waals surface area contributed by atoms with Crippen LogP contribution in [0.25, 0.3) is 0 Å². The van der Waals surface area contributed by atoms with E-state index in [0.717, 1.165) is 4.90 Å². The molecule has 18 heavy (non-hydrogen) atoms. The number of rotatable bonds is 4. The fourth-order valence-corrected chi connectivity index (χ4v) is 1.59. The maximum absolute atomic E-state index is 11.4. The molecule has 1 aromatic rings. The molecule has 0 atom stereocenters. The van der Waals surface area contributed by atoms with E-state index in [-0.39, 0.29) is 38.2 Å². The molecule has 1 heterocycles. The van der Waals surface area contributed by atoms with E-state index in [2.05, 4.69) is 0 Å². The van der Waals surface area contributed by atoms with Crippen LogP contribution in [0.2, 0.25) is 0 Å². The molecule has 1 saturated heterocycles. The van der Waals surface area contributed by atoms with E-state index in [0.29, 0.717) is 11.4 Å². The van der Waals surface area contributed by atoms with Crippen molar-refractivity contribution >= 4 is 17.5 Å². The molecule has 2 N–H and O–H groups in total. The van der Waals surface area contributed by atoms with Gasteiger partial charge in [0.25, 0.3) is 11.8 Å². The van der Waals surface area contributed by atoms with Crippen LogP contribution in [0.1, 0.15) is 0 Å². The van der Waals surface area contributed by atoms with Crippen LogP contribution in [0.3, 0.4) is 0 Å². The van der Waals surface area contributed by atoms with Crippen LogP contribution in [0.5, 0.6) is 5.75 Å². The lowest BCUT2D eigenvalue weighted by atomic mass is 10.3. The number of hydrogen-bond acceptors (Lipinski definition) is 5. The van der Waals surface area contributed by atoms with Gasteiger partial charge in [-0.05, 0) is 24.3 Å². The number of nitrogen functional groups attached to an aromatic ring is 1. The van der Waals surface area contributed by atoms with Crippen LogP contribution in [0, 0.1) is 0 Å². The predicted octanol–water partition coefficient (Wildman–Crippen LogP) is 0.0330. The van der Waals surface area contributed by atoms with Crippen molar-refractivity contribution in [2.45, 2.75) is 0 Å². The summed E-state index contributed by atoms with van der Waals surface area (Å²) in [5.41, 5.74) is 6.20. The molecule has 0 radical (unpaired) electrons. The lowest BCUT2D eigenvalue weighted by Gasteiger charge is -2.24. The van der Waals surface area contributed by atoms with Crippen LogP contribution in [0.4, 0.5) is 5.69 Å². The fourth-order valence-electron chi connectivity index (χ4n) is 1.59. The molecule has 1 fully saturated rings. The molecule has 0 unspecified atom stereocenters. The summed E-state index contributed by atoms with van der Waals surface area (Å²) in [5, 5.41) is 0. The third-order valence-electron chi connectivity index (χ3n) is 2.52. The van der Waals surface area contributed by atoms with E-state index in [1.165, 1.54) is 0 Å². The first-order valence-electron chi connectivity index (χ1n) is 5.56. The second-order valence-corrected chi connectivity index (χ2v) is 3.85. The van der Waals surface area contributed by atoms with Gasteiger partial charge in [0, 0.05) is 5.69 Å². The summed E-state index contributed by atoms with van der Waals surface area (Å²) in [7, 11) is 0. The van der Waals surface area contributed by atoms with Gasteiger partial charge in [0.15, 0.2) is 0 Å². The van der Waals surface area contributed by atoms with E-state index in [1.54, 1.807) is 24.3 Å². The van der Waals surface area contributed by atoms with E-state index < -0.39 is 0 Å². The number of morpholine rings is 1. The van der Waals surface area contributed by atoms with Gasteiger partial charge in [-0.2, -0.15) is 0 Å². The Balaban J connectivity index is 1.82. The second-order valence-electron chi connectivity index (χ2n) is 3.85. The van der Waals surface area contributed by atoms with Crippen molar-refractivity contribution in [3.63, 3.8) is 0 Å². The van der Waals surface area contributed by atoms with E-state index in [4.69, 9.17) is 15.2 Å². The van der Waals surface area contributed by atoms with E-state index in [9.17, 15) is 9.59 Å². The Hall–Kier alpha value is -2.08. The number of imide groups is 1. The van der Waals surface area contributed by atoms with Gasteiger partial charge in [0.1, 0.15) is 25.6 Å². The van der Waals surface area contributed by atoms with Gasteiger partial charge in [-0.1, -0.05) is 0 Å². The molecule has 0 aliphatic carbocycles. The Morgan fingerprint density at radius 3 is 2.39 bits per heavy atom. The van der Waals surface area contributed by atoms with Gasteiger partial charge in [0.05, 0.1) is 6.54 Å². The number of amides is 2. The smallest absolute Gasteiger partial charge is 0.255 e. The molecular weight excluding hydrogens is 236 g/mol. The number of nitrogens with two attached hydrogens (primary N) is 1. The average Bonchev–Trinajstić information content (AvgIpc) is 2.35. The first-order chi connectivity index (χ1) is 8.66. The second kappa shape index (κ2) is 5.50. The maximum Gasteiger partial charge on any atom is 0.255 e. The molecule has 0 aromatic heterocycles. The fraction of sp³-hybridized carbons (Fsp3) is 0.333. The van der Waals surface area contributed by atoms with Crippen LogP contribution in [-0.4, -0.2) is 43.1 Å². The van der Waals surface area contributed by atoms with Crippen LogP contribution < -0.4 is 10.5 Å². The molecule has 96 valence electrons. The maximum atomic E-state index is 11.4. The Kier molecular flexibility index (Phi) is 3.78. The van der Waals surface area contributed by atoms with Crippen LogP contribution in [0.15, 0.2) is 24.3 Å². The Bertz CT molecular complexity index is 428. The van der Waals surface area contributed by atoms with Crippen LogP contribution in [-0.2, 0) is 14.3 Å². The monoisotopic (exact) mass is 250 g/mol. The quantitative estimate of drug-likeness (QED) is 0.602. The Morgan fingerprint density at radius 2 is 1.78 bits per heavy atom. The number of ether oxygens (including phenoxy) is 2. The largest absolute Gasteiger partial charge is 0.492 e. The standard InChI is InChI=1S/C12H14N2O4/c13-9-1-3-10(4-2-9)18-6-5-14-11(15)7-17-8-12(14)16/h1-4H,5-8,13H2. The van der Waals surface area contributed by atoms with Gasteiger partial charge in [-0.25, -0.2) is 0 Å². The topological polar surface area (TPSA) is 81.9 Å². The van der Waals surface area contributed by atoms with Crippen molar-refractivity contribution in [3.05, 3.63) is 24.3 Å². The highest BCUT2D eigenvalue weighted by atomic mass is 16.5. The molecule has 0 spiro atoms. The molecule has 0 bridgehead atoms. The molecule has 2 rings (SSSR count). The zero-order valence-corrected chi connectivity index (χ0v) is 9.80. The molecule has 6 nitrogen and oxygen atoms in total. The Morgan fingerprint density at radius 1 is 1.17 bits per heavy atom. The van der Waals surface area contributed by atoms with Crippen molar-refractivity contribution < 1.29 is 19.1 Å². The molecular formula is C12H14N2O4. The first-order valence-corrected chi connectivity index (χ1v) is 5.56. The summed E-state index contributed by atoms with van der Waals surface area (Å²) >= 11 is 0. The van der Waals surface area contributed by atoms with Crippen molar-refractivity contribution in [1.29, 1.82) is 0 Å². The van der Waals surface area contributed by atoms with E-state index >= 15 is 0 Å². The average molecular weight is 250 g/mol. The lowest BCUT2D eigenvalue weighted by Crippen LogP contribution is -2.47. The third-order valence-corrected chi connectivity index (χ3v) is 2.52. The molecule has 2 amide bonds. The Labute approximate surface area is 104 Å². The predicted molar refractivity (Wildman–Crippen MR) is 63.9 cm³/mol. The SMILES string of the molecule is Nc1ccc(OCCN2C(=O)COCC2=O)cc1. The number of carbonyl (C=O) groups is 2. The number of hydrogen-bond donors (Lipinski definition) is 1. The van der Waals surface area contributed by atoms with Gasteiger partial charge in [-0.3, -0.25) is 14.5 Å². The number of nitrogens with zero attached hydrogens (tertiary/aromatic N) is 1. The third kappa shape index (κ3) is 2.98. The minimum absolute atomic E-state index is 0.0480. The van der Waals surface area contributed by atoms with Gasteiger partial charge >= 0.3 is 0 Å². The molecule has 1 aromatic carbocycles. The zero-order chi connectivity index (χ0) is 13.0.